The van der Waals surface area contributed by atoms with Gasteiger partial charge in [0.15, 0.2) is 0 Å². The summed E-state index contributed by atoms with van der Waals surface area (Å²) in [7, 11) is 1.77. The van der Waals surface area contributed by atoms with Crippen molar-refractivity contribution in [2.75, 3.05) is 18.9 Å². The van der Waals surface area contributed by atoms with Crippen LogP contribution in [0.1, 0.15) is 44.2 Å². The van der Waals surface area contributed by atoms with Gasteiger partial charge < -0.3 is 15.7 Å². The SMILES string of the molecule is CCCCC1(C)C(=O)Nc2c(F)cccc21.CNCC(O)Cc1cccc(F)c1. The summed E-state index contributed by atoms with van der Waals surface area (Å²) in [5.41, 5.74) is 1.42. The van der Waals surface area contributed by atoms with E-state index in [0.29, 0.717) is 18.7 Å². The first-order valence-corrected chi connectivity index (χ1v) is 9.99. The topological polar surface area (TPSA) is 61.4 Å². The lowest BCUT2D eigenvalue weighted by Crippen LogP contribution is -2.30. The molecule has 0 aromatic heterocycles. The van der Waals surface area contributed by atoms with E-state index >= 15 is 0 Å². The summed E-state index contributed by atoms with van der Waals surface area (Å²) < 4.78 is 26.2. The van der Waals surface area contributed by atoms with Crippen LogP contribution in [0.25, 0.3) is 0 Å². The molecular formula is C23H30F2N2O2. The van der Waals surface area contributed by atoms with Gasteiger partial charge in [-0.15, -0.1) is 0 Å². The average molecular weight is 405 g/mol. The maximum atomic E-state index is 13.5. The van der Waals surface area contributed by atoms with Gasteiger partial charge in [-0.25, -0.2) is 8.78 Å². The lowest BCUT2D eigenvalue weighted by Gasteiger charge is -2.21. The number of aliphatic hydroxyl groups is 1. The first kappa shape index (κ1) is 23.0. The van der Waals surface area contributed by atoms with E-state index in [1.807, 2.05) is 19.1 Å². The van der Waals surface area contributed by atoms with E-state index in [4.69, 9.17) is 0 Å². The molecule has 0 saturated carbocycles. The van der Waals surface area contributed by atoms with Crippen molar-refractivity contribution in [2.24, 2.45) is 0 Å². The highest BCUT2D eigenvalue weighted by atomic mass is 19.1. The summed E-state index contributed by atoms with van der Waals surface area (Å²) >= 11 is 0. The predicted octanol–water partition coefficient (Wildman–Crippen LogP) is 4.17. The van der Waals surface area contributed by atoms with Crippen molar-refractivity contribution in [1.82, 2.24) is 5.32 Å². The molecule has 1 aliphatic heterocycles. The highest BCUT2D eigenvalue weighted by Crippen LogP contribution is 2.42. The second-order valence-corrected chi connectivity index (χ2v) is 7.60. The molecule has 3 rings (SSSR count). The quantitative estimate of drug-likeness (QED) is 0.649. The zero-order valence-corrected chi connectivity index (χ0v) is 17.3. The number of aliphatic hydroxyl groups excluding tert-OH is 1. The van der Waals surface area contributed by atoms with Crippen LogP contribution in [0, 0.1) is 11.6 Å². The second-order valence-electron chi connectivity index (χ2n) is 7.60. The van der Waals surface area contributed by atoms with Crippen molar-refractivity contribution in [3.63, 3.8) is 0 Å². The van der Waals surface area contributed by atoms with Gasteiger partial charge in [0.2, 0.25) is 5.91 Å². The molecular weight excluding hydrogens is 374 g/mol. The Morgan fingerprint density at radius 1 is 1.21 bits per heavy atom. The monoisotopic (exact) mass is 404 g/mol. The Hall–Kier alpha value is -2.31. The van der Waals surface area contributed by atoms with E-state index in [1.165, 1.54) is 18.2 Å². The Kier molecular flexibility index (Phi) is 8.29. The molecule has 2 aromatic rings. The summed E-state index contributed by atoms with van der Waals surface area (Å²) in [4.78, 5) is 11.9. The van der Waals surface area contributed by atoms with Gasteiger partial charge >= 0.3 is 0 Å². The number of halogens is 2. The molecule has 2 atom stereocenters. The molecule has 0 spiro atoms. The summed E-state index contributed by atoms with van der Waals surface area (Å²) in [5, 5.41) is 14.9. The number of nitrogens with one attached hydrogen (secondary N) is 2. The molecule has 3 N–H and O–H groups in total. The van der Waals surface area contributed by atoms with Crippen LogP contribution in [-0.4, -0.2) is 30.7 Å². The molecule has 2 unspecified atom stereocenters. The van der Waals surface area contributed by atoms with Crippen LogP contribution in [0.5, 0.6) is 0 Å². The number of likely N-dealkylation sites (N-methyl/N-ethyl adjacent to an activating group) is 1. The van der Waals surface area contributed by atoms with Crippen LogP contribution in [0.15, 0.2) is 42.5 Å². The highest BCUT2D eigenvalue weighted by molar-refractivity contribution is 6.06. The van der Waals surface area contributed by atoms with Crippen molar-refractivity contribution in [3.05, 3.63) is 65.2 Å². The van der Waals surface area contributed by atoms with Crippen molar-refractivity contribution < 1.29 is 18.7 Å². The number of rotatable bonds is 7. The number of para-hydroxylation sites is 1. The molecule has 1 aliphatic rings. The summed E-state index contributed by atoms with van der Waals surface area (Å²) in [6.45, 7) is 4.50. The predicted molar refractivity (Wildman–Crippen MR) is 112 cm³/mol. The zero-order valence-electron chi connectivity index (χ0n) is 17.3. The minimum Gasteiger partial charge on any atom is -0.391 e. The number of anilines is 1. The van der Waals surface area contributed by atoms with Gasteiger partial charge in [0, 0.05) is 6.54 Å². The minimum absolute atomic E-state index is 0.0824. The van der Waals surface area contributed by atoms with Crippen molar-refractivity contribution in [3.8, 4) is 0 Å². The molecule has 158 valence electrons. The van der Waals surface area contributed by atoms with Crippen molar-refractivity contribution in [1.29, 1.82) is 0 Å². The van der Waals surface area contributed by atoms with Crippen LogP contribution >= 0.6 is 0 Å². The molecule has 0 bridgehead atoms. The number of carbonyl (C=O) groups excluding carboxylic acids is 1. The number of unbranched alkanes of at least 4 members (excludes halogenated alkanes) is 1. The number of carbonyl (C=O) groups is 1. The van der Waals surface area contributed by atoms with Crippen LogP contribution in [-0.2, 0) is 16.6 Å². The fourth-order valence-corrected chi connectivity index (χ4v) is 3.51. The summed E-state index contributed by atoms with van der Waals surface area (Å²) in [6, 6.07) is 11.2. The molecule has 2 aromatic carbocycles. The third-order valence-corrected chi connectivity index (χ3v) is 5.18. The van der Waals surface area contributed by atoms with Crippen LogP contribution in [0.3, 0.4) is 0 Å². The average Bonchev–Trinajstić information content (AvgIpc) is 2.93. The molecule has 0 aliphatic carbocycles. The maximum absolute atomic E-state index is 13.5. The number of hydrogen-bond acceptors (Lipinski definition) is 3. The first-order chi connectivity index (χ1) is 13.8. The molecule has 29 heavy (non-hydrogen) atoms. The Labute approximate surface area is 171 Å². The number of fused-ring (bicyclic) bond motifs is 1. The fourth-order valence-electron chi connectivity index (χ4n) is 3.51. The van der Waals surface area contributed by atoms with E-state index in [9.17, 15) is 18.7 Å². The minimum atomic E-state index is -0.562. The fraction of sp³-hybridized carbons (Fsp3) is 0.435. The van der Waals surface area contributed by atoms with E-state index < -0.39 is 11.5 Å². The van der Waals surface area contributed by atoms with Gasteiger partial charge in [0.1, 0.15) is 11.6 Å². The zero-order chi connectivity index (χ0) is 21.4. The molecule has 1 amide bonds. The van der Waals surface area contributed by atoms with Crippen LogP contribution < -0.4 is 10.6 Å². The molecule has 4 nitrogen and oxygen atoms in total. The van der Waals surface area contributed by atoms with Crippen LogP contribution in [0.2, 0.25) is 0 Å². The summed E-state index contributed by atoms with van der Waals surface area (Å²) in [6.07, 6.45) is 2.81. The maximum Gasteiger partial charge on any atom is 0.234 e. The van der Waals surface area contributed by atoms with Crippen molar-refractivity contribution in [2.45, 2.75) is 51.0 Å². The molecule has 0 fully saturated rings. The van der Waals surface area contributed by atoms with Gasteiger partial charge in [-0.1, -0.05) is 44.0 Å². The lowest BCUT2D eigenvalue weighted by molar-refractivity contribution is -0.120. The third kappa shape index (κ3) is 5.84. The van der Waals surface area contributed by atoms with Gasteiger partial charge in [-0.05, 0) is 56.1 Å². The largest absolute Gasteiger partial charge is 0.391 e. The molecule has 1 heterocycles. The Morgan fingerprint density at radius 2 is 1.93 bits per heavy atom. The van der Waals surface area contributed by atoms with Gasteiger partial charge in [0.25, 0.3) is 0 Å². The van der Waals surface area contributed by atoms with E-state index in [1.54, 1.807) is 19.2 Å². The third-order valence-electron chi connectivity index (χ3n) is 5.18. The number of benzene rings is 2. The molecule has 6 heteroatoms. The second kappa shape index (κ2) is 10.5. The standard InChI is InChI=1S/C13H16FNO.C10H14FNO/c1-3-4-8-13(2)9-6-5-7-10(14)11(9)15-12(13)16;1-12-7-10(13)6-8-3-2-4-9(11)5-8/h5-7H,3-4,8H2,1-2H3,(H,15,16);2-5,10,12-13H,6-7H2,1H3. The Bertz CT molecular complexity index is 828. The Morgan fingerprint density at radius 3 is 2.59 bits per heavy atom. The van der Waals surface area contributed by atoms with E-state index in [2.05, 4.69) is 17.6 Å². The lowest BCUT2D eigenvalue weighted by atomic mass is 9.79. The van der Waals surface area contributed by atoms with Gasteiger partial charge in [-0.2, -0.15) is 0 Å². The highest BCUT2D eigenvalue weighted by Gasteiger charge is 2.42. The number of hydrogen-bond donors (Lipinski definition) is 3. The smallest absolute Gasteiger partial charge is 0.234 e. The van der Waals surface area contributed by atoms with E-state index in [0.717, 1.165) is 30.4 Å². The van der Waals surface area contributed by atoms with E-state index in [-0.39, 0.29) is 17.5 Å². The molecule has 0 radical (unpaired) electrons. The van der Waals surface area contributed by atoms with Crippen molar-refractivity contribution >= 4 is 11.6 Å². The van der Waals surface area contributed by atoms with Gasteiger partial charge in [0.05, 0.1) is 17.2 Å². The molecule has 0 saturated heterocycles. The number of amides is 1. The van der Waals surface area contributed by atoms with Gasteiger partial charge in [-0.3, -0.25) is 4.79 Å². The first-order valence-electron chi connectivity index (χ1n) is 9.99. The van der Waals surface area contributed by atoms with Crippen LogP contribution in [0.4, 0.5) is 14.5 Å². The summed E-state index contributed by atoms with van der Waals surface area (Å²) in [5.74, 6) is -0.679. The normalized spacial score (nSPS) is 18.5. The Balaban J connectivity index is 0.000000212.